The SMILES string of the molecule is CCCCc1c[nH]c(CCCC)[n+]1C. The van der Waals surface area contributed by atoms with E-state index in [2.05, 4.69) is 36.6 Å². The van der Waals surface area contributed by atoms with E-state index in [1.54, 1.807) is 0 Å². The lowest BCUT2D eigenvalue weighted by Crippen LogP contribution is -2.35. The Morgan fingerprint density at radius 2 is 1.79 bits per heavy atom. The predicted molar refractivity (Wildman–Crippen MR) is 59.2 cm³/mol. The Morgan fingerprint density at radius 3 is 2.43 bits per heavy atom. The summed E-state index contributed by atoms with van der Waals surface area (Å²) < 4.78 is 2.32. The van der Waals surface area contributed by atoms with Crippen molar-refractivity contribution in [3.05, 3.63) is 17.7 Å². The molecule has 80 valence electrons. The third-order valence-corrected chi connectivity index (χ3v) is 2.79. The Morgan fingerprint density at radius 1 is 1.14 bits per heavy atom. The van der Waals surface area contributed by atoms with Gasteiger partial charge in [0.15, 0.2) is 0 Å². The Hall–Kier alpha value is -0.790. The van der Waals surface area contributed by atoms with Gasteiger partial charge in [-0.3, -0.25) is 0 Å². The molecule has 0 atom stereocenters. The van der Waals surface area contributed by atoms with Gasteiger partial charge in [-0.2, -0.15) is 0 Å². The molecule has 0 unspecified atom stereocenters. The van der Waals surface area contributed by atoms with Crippen LogP contribution in [0, 0.1) is 0 Å². The summed E-state index contributed by atoms with van der Waals surface area (Å²) in [6, 6.07) is 0. The molecule has 0 radical (unpaired) electrons. The van der Waals surface area contributed by atoms with Gasteiger partial charge in [-0.25, -0.2) is 9.55 Å². The Labute approximate surface area is 87.4 Å². The topological polar surface area (TPSA) is 19.7 Å². The second kappa shape index (κ2) is 5.84. The number of aromatic nitrogens is 2. The van der Waals surface area contributed by atoms with Crippen LogP contribution in [0.2, 0.25) is 0 Å². The lowest BCUT2D eigenvalue weighted by molar-refractivity contribution is -0.685. The van der Waals surface area contributed by atoms with Crippen LogP contribution in [0.5, 0.6) is 0 Å². The van der Waals surface area contributed by atoms with Gasteiger partial charge in [0.25, 0.3) is 5.82 Å². The first-order valence-electron chi connectivity index (χ1n) is 5.84. The average molecular weight is 195 g/mol. The van der Waals surface area contributed by atoms with Crippen molar-refractivity contribution in [3.63, 3.8) is 0 Å². The zero-order chi connectivity index (χ0) is 10.4. The molecule has 2 nitrogen and oxygen atoms in total. The molecule has 0 aliphatic carbocycles. The molecular weight excluding hydrogens is 172 g/mol. The highest BCUT2D eigenvalue weighted by Gasteiger charge is 2.12. The molecule has 0 aliphatic rings. The van der Waals surface area contributed by atoms with Crippen molar-refractivity contribution < 1.29 is 4.57 Å². The first-order valence-corrected chi connectivity index (χ1v) is 5.84. The number of hydrogen-bond acceptors (Lipinski definition) is 0. The van der Waals surface area contributed by atoms with Crippen molar-refractivity contribution in [1.82, 2.24) is 4.98 Å². The normalized spacial score (nSPS) is 10.8. The molecule has 0 saturated carbocycles. The van der Waals surface area contributed by atoms with Gasteiger partial charge < -0.3 is 0 Å². The highest BCUT2D eigenvalue weighted by molar-refractivity contribution is 4.91. The van der Waals surface area contributed by atoms with Crippen molar-refractivity contribution in [1.29, 1.82) is 0 Å². The molecule has 1 heterocycles. The van der Waals surface area contributed by atoms with E-state index in [1.807, 2.05) is 0 Å². The maximum Gasteiger partial charge on any atom is 0.254 e. The van der Waals surface area contributed by atoms with Crippen LogP contribution in [-0.4, -0.2) is 4.98 Å². The van der Waals surface area contributed by atoms with Crippen molar-refractivity contribution in [3.8, 4) is 0 Å². The van der Waals surface area contributed by atoms with Gasteiger partial charge in [0, 0.05) is 12.8 Å². The lowest BCUT2D eigenvalue weighted by atomic mass is 10.2. The van der Waals surface area contributed by atoms with Crippen molar-refractivity contribution >= 4 is 0 Å². The summed E-state index contributed by atoms with van der Waals surface area (Å²) in [5, 5.41) is 0. The minimum Gasteiger partial charge on any atom is -0.247 e. The van der Waals surface area contributed by atoms with Gasteiger partial charge in [0.1, 0.15) is 11.9 Å². The quantitative estimate of drug-likeness (QED) is 0.673. The maximum absolute atomic E-state index is 3.38. The fourth-order valence-corrected chi connectivity index (χ4v) is 1.72. The van der Waals surface area contributed by atoms with E-state index in [0.29, 0.717) is 0 Å². The molecule has 14 heavy (non-hydrogen) atoms. The van der Waals surface area contributed by atoms with E-state index in [-0.39, 0.29) is 0 Å². The summed E-state index contributed by atoms with van der Waals surface area (Å²) in [4.78, 5) is 3.38. The smallest absolute Gasteiger partial charge is 0.247 e. The van der Waals surface area contributed by atoms with Crippen LogP contribution in [0.25, 0.3) is 0 Å². The van der Waals surface area contributed by atoms with Crippen LogP contribution in [0.15, 0.2) is 6.20 Å². The van der Waals surface area contributed by atoms with Gasteiger partial charge in [0.2, 0.25) is 0 Å². The number of rotatable bonds is 6. The number of aromatic amines is 1. The summed E-state index contributed by atoms with van der Waals surface area (Å²) in [5.74, 6) is 1.37. The summed E-state index contributed by atoms with van der Waals surface area (Å²) in [7, 11) is 2.17. The zero-order valence-electron chi connectivity index (χ0n) is 9.77. The van der Waals surface area contributed by atoms with Gasteiger partial charge in [-0.1, -0.05) is 26.7 Å². The van der Waals surface area contributed by atoms with Crippen LogP contribution >= 0.6 is 0 Å². The fourth-order valence-electron chi connectivity index (χ4n) is 1.72. The van der Waals surface area contributed by atoms with Crippen LogP contribution in [0.1, 0.15) is 51.0 Å². The summed E-state index contributed by atoms with van der Waals surface area (Å²) in [6.07, 6.45) is 9.66. The monoisotopic (exact) mass is 195 g/mol. The Kier molecular flexibility index (Phi) is 4.71. The molecule has 0 amide bonds. The Bertz CT molecular complexity index is 238. The minimum absolute atomic E-state index is 1.18. The van der Waals surface area contributed by atoms with Crippen molar-refractivity contribution in [2.75, 3.05) is 0 Å². The summed E-state index contributed by atoms with van der Waals surface area (Å²) in [5.41, 5.74) is 1.44. The largest absolute Gasteiger partial charge is 0.254 e. The Balaban J connectivity index is 2.55. The van der Waals surface area contributed by atoms with Gasteiger partial charge in [-0.15, -0.1) is 0 Å². The molecule has 2 heteroatoms. The number of aryl methyl sites for hydroxylation is 2. The van der Waals surface area contributed by atoms with Crippen LogP contribution in [0.3, 0.4) is 0 Å². The minimum atomic E-state index is 1.18. The van der Waals surface area contributed by atoms with Crippen LogP contribution in [-0.2, 0) is 19.9 Å². The third-order valence-electron chi connectivity index (χ3n) is 2.79. The lowest BCUT2D eigenvalue weighted by Gasteiger charge is -1.97. The van der Waals surface area contributed by atoms with Crippen molar-refractivity contribution in [2.24, 2.45) is 7.05 Å². The van der Waals surface area contributed by atoms with E-state index >= 15 is 0 Å². The summed E-state index contributed by atoms with van der Waals surface area (Å²) >= 11 is 0. The number of nitrogens with zero attached hydrogens (tertiary/aromatic N) is 1. The van der Waals surface area contributed by atoms with Gasteiger partial charge in [-0.05, 0) is 12.8 Å². The number of unbranched alkanes of at least 4 members (excludes halogenated alkanes) is 2. The van der Waals surface area contributed by atoms with E-state index < -0.39 is 0 Å². The number of imidazole rings is 1. The van der Waals surface area contributed by atoms with Gasteiger partial charge >= 0.3 is 0 Å². The number of H-pyrrole nitrogens is 1. The third kappa shape index (κ3) is 2.86. The second-order valence-electron chi connectivity index (χ2n) is 3.99. The molecule has 0 saturated heterocycles. The predicted octanol–water partition coefficient (Wildman–Crippen LogP) is 2.52. The molecular formula is C12H23N2+. The molecule has 0 bridgehead atoms. The molecule has 0 aliphatic heterocycles. The number of nitrogens with one attached hydrogen (secondary N) is 1. The van der Waals surface area contributed by atoms with E-state index in [4.69, 9.17) is 0 Å². The van der Waals surface area contributed by atoms with E-state index in [0.717, 1.165) is 0 Å². The van der Waals surface area contributed by atoms with Crippen LogP contribution < -0.4 is 4.57 Å². The second-order valence-corrected chi connectivity index (χ2v) is 3.99. The molecule has 0 aromatic carbocycles. The summed E-state index contributed by atoms with van der Waals surface area (Å²) in [6.45, 7) is 4.48. The molecule has 0 spiro atoms. The molecule has 1 rings (SSSR count). The average Bonchev–Trinajstić information content (AvgIpc) is 2.54. The van der Waals surface area contributed by atoms with E-state index in [9.17, 15) is 0 Å². The highest BCUT2D eigenvalue weighted by Crippen LogP contribution is 2.02. The highest BCUT2D eigenvalue weighted by atomic mass is 15.1. The number of hydrogen-bond donors (Lipinski definition) is 1. The molecule has 1 aromatic heterocycles. The van der Waals surface area contributed by atoms with Crippen molar-refractivity contribution in [2.45, 2.75) is 52.4 Å². The maximum atomic E-state index is 3.38. The molecule has 1 N–H and O–H groups in total. The molecule has 1 aromatic rings. The molecule has 0 fully saturated rings. The van der Waals surface area contributed by atoms with Gasteiger partial charge in [0.05, 0.1) is 7.05 Å². The fraction of sp³-hybridized carbons (Fsp3) is 0.750. The first-order chi connectivity index (χ1) is 6.79. The zero-order valence-corrected chi connectivity index (χ0v) is 9.77. The standard InChI is InChI=1S/C12H22N2/c1-4-6-8-11-10-13-12(14(11)3)9-7-5-2/h10H,4-9H2,1-3H3/p+1. The van der Waals surface area contributed by atoms with Crippen LogP contribution in [0.4, 0.5) is 0 Å². The first kappa shape index (κ1) is 11.3. The van der Waals surface area contributed by atoms with E-state index in [1.165, 1.54) is 50.0 Å².